The van der Waals surface area contributed by atoms with Gasteiger partial charge in [-0.05, 0) is 42.3 Å². The van der Waals surface area contributed by atoms with Crippen LogP contribution >= 0.6 is 0 Å². The second-order valence-corrected chi connectivity index (χ2v) is 4.93. The van der Waals surface area contributed by atoms with Crippen molar-refractivity contribution in [1.29, 1.82) is 0 Å². The molecule has 108 valence electrons. The first-order valence-corrected chi connectivity index (χ1v) is 7.12. The molecule has 0 aliphatic carbocycles. The lowest BCUT2D eigenvalue weighted by Gasteiger charge is -2.03. The van der Waals surface area contributed by atoms with E-state index in [2.05, 4.69) is 15.0 Å². The van der Waals surface area contributed by atoms with Crippen molar-refractivity contribution in [3.8, 4) is 11.4 Å². The maximum atomic E-state index is 12.2. The molecule has 0 radical (unpaired) electrons. The number of carbonyl (C=O) groups is 1. The molecule has 3 aromatic heterocycles. The summed E-state index contributed by atoms with van der Waals surface area (Å²) in [5, 5.41) is 0. The molecule has 0 unspecified atom stereocenters. The van der Waals surface area contributed by atoms with Crippen LogP contribution in [0.3, 0.4) is 0 Å². The Labute approximate surface area is 128 Å². The van der Waals surface area contributed by atoms with Crippen LogP contribution in [0.25, 0.3) is 11.4 Å². The van der Waals surface area contributed by atoms with Gasteiger partial charge in [0.1, 0.15) is 0 Å². The number of ketones is 1. The van der Waals surface area contributed by atoms with E-state index in [0.717, 1.165) is 17.0 Å². The van der Waals surface area contributed by atoms with Crippen LogP contribution < -0.4 is 0 Å². The second-order valence-electron chi connectivity index (χ2n) is 4.93. The third-order valence-corrected chi connectivity index (χ3v) is 3.38. The van der Waals surface area contributed by atoms with Gasteiger partial charge in [-0.3, -0.25) is 19.7 Å². The largest absolute Gasteiger partial charge is 0.294 e. The Morgan fingerprint density at radius 3 is 2.45 bits per heavy atom. The van der Waals surface area contributed by atoms with Gasteiger partial charge in [0.05, 0.1) is 11.4 Å². The first-order chi connectivity index (χ1) is 10.8. The highest BCUT2D eigenvalue weighted by Crippen LogP contribution is 2.14. The van der Waals surface area contributed by atoms with Crippen LogP contribution in [0.2, 0.25) is 0 Å². The molecule has 4 nitrogen and oxygen atoms in total. The van der Waals surface area contributed by atoms with Gasteiger partial charge in [0.2, 0.25) is 0 Å². The Bertz CT molecular complexity index is 740. The molecule has 0 aliphatic rings. The zero-order valence-electron chi connectivity index (χ0n) is 12.0. The number of rotatable bonds is 5. The lowest BCUT2D eigenvalue weighted by molar-refractivity contribution is 0.0982. The van der Waals surface area contributed by atoms with Crippen LogP contribution in [0.4, 0.5) is 0 Å². The van der Waals surface area contributed by atoms with Crippen LogP contribution in [0.1, 0.15) is 22.3 Å². The minimum absolute atomic E-state index is 0.0870. The second kappa shape index (κ2) is 6.72. The van der Waals surface area contributed by atoms with Crippen LogP contribution in [-0.4, -0.2) is 20.7 Å². The summed E-state index contributed by atoms with van der Waals surface area (Å²) < 4.78 is 0. The maximum absolute atomic E-state index is 12.2. The molecule has 0 spiro atoms. The van der Waals surface area contributed by atoms with Gasteiger partial charge in [-0.2, -0.15) is 0 Å². The van der Waals surface area contributed by atoms with Crippen molar-refractivity contribution in [2.75, 3.05) is 0 Å². The van der Waals surface area contributed by atoms with E-state index < -0.39 is 0 Å². The number of Topliss-reactive ketones (excluding diaryl/α,β-unsaturated/α-hetero) is 1. The van der Waals surface area contributed by atoms with Gasteiger partial charge < -0.3 is 0 Å². The third kappa shape index (κ3) is 3.41. The number of nitrogens with zero attached hydrogens (tertiary/aromatic N) is 3. The van der Waals surface area contributed by atoms with Gasteiger partial charge in [-0.25, -0.2) is 0 Å². The number of aromatic nitrogens is 3. The third-order valence-electron chi connectivity index (χ3n) is 3.38. The summed E-state index contributed by atoms with van der Waals surface area (Å²) in [6.45, 7) is 0. The molecule has 0 aromatic carbocycles. The van der Waals surface area contributed by atoms with Gasteiger partial charge in [0.15, 0.2) is 5.78 Å². The number of pyridine rings is 3. The molecular weight excluding hydrogens is 274 g/mol. The van der Waals surface area contributed by atoms with Crippen molar-refractivity contribution < 1.29 is 4.79 Å². The first kappa shape index (κ1) is 14.1. The van der Waals surface area contributed by atoms with Crippen molar-refractivity contribution in [2.45, 2.75) is 12.8 Å². The van der Waals surface area contributed by atoms with Gasteiger partial charge >= 0.3 is 0 Å². The van der Waals surface area contributed by atoms with Crippen molar-refractivity contribution in [3.63, 3.8) is 0 Å². The molecule has 0 atom stereocenters. The molecule has 0 fully saturated rings. The van der Waals surface area contributed by atoms with E-state index in [0.29, 0.717) is 18.4 Å². The summed E-state index contributed by atoms with van der Waals surface area (Å²) in [7, 11) is 0. The fourth-order valence-electron chi connectivity index (χ4n) is 2.17. The molecule has 0 bridgehead atoms. The SMILES string of the molecule is O=C(CCc1cccnc1)c1ccc(-c2ccccn2)nc1. The Morgan fingerprint density at radius 1 is 0.864 bits per heavy atom. The highest BCUT2D eigenvalue weighted by molar-refractivity contribution is 5.96. The van der Waals surface area contributed by atoms with Crippen molar-refractivity contribution in [3.05, 3.63) is 78.4 Å². The lowest BCUT2D eigenvalue weighted by atomic mass is 10.0. The van der Waals surface area contributed by atoms with E-state index in [1.165, 1.54) is 0 Å². The van der Waals surface area contributed by atoms with E-state index in [-0.39, 0.29) is 5.78 Å². The highest BCUT2D eigenvalue weighted by Gasteiger charge is 2.08. The number of carbonyl (C=O) groups excluding carboxylic acids is 1. The van der Waals surface area contributed by atoms with Gasteiger partial charge in [0, 0.05) is 36.8 Å². The van der Waals surface area contributed by atoms with E-state index >= 15 is 0 Å². The van der Waals surface area contributed by atoms with Crippen molar-refractivity contribution in [1.82, 2.24) is 15.0 Å². The maximum Gasteiger partial charge on any atom is 0.164 e. The number of aryl methyl sites for hydroxylation is 1. The van der Waals surface area contributed by atoms with Gasteiger partial charge in [-0.15, -0.1) is 0 Å². The van der Waals surface area contributed by atoms with Crippen LogP contribution in [-0.2, 0) is 6.42 Å². The molecule has 3 rings (SSSR count). The summed E-state index contributed by atoms with van der Waals surface area (Å²) in [6.07, 6.45) is 8.01. The average molecular weight is 289 g/mol. The molecule has 3 aromatic rings. The zero-order chi connectivity index (χ0) is 15.2. The average Bonchev–Trinajstić information content (AvgIpc) is 2.61. The molecule has 0 saturated heterocycles. The Balaban J connectivity index is 1.66. The van der Waals surface area contributed by atoms with Crippen LogP contribution in [0.15, 0.2) is 67.3 Å². The minimum atomic E-state index is 0.0870. The summed E-state index contributed by atoms with van der Waals surface area (Å²) >= 11 is 0. The summed E-state index contributed by atoms with van der Waals surface area (Å²) in [4.78, 5) is 24.8. The van der Waals surface area contributed by atoms with E-state index in [9.17, 15) is 4.79 Å². The Hall–Kier alpha value is -2.88. The fraction of sp³-hybridized carbons (Fsp3) is 0.111. The molecule has 3 heterocycles. The normalized spacial score (nSPS) is 10.4. The molecule has 0 saturated carbocycles. The quantitative estimate of drug-likeness (QED) is 0.676. The molecule has 0 amide bonds. The van der Waals surface area contributed by atoms with Crippen molar-refractivity contribution in [2.24, 2.45) is 0 Å². The van der Waals surface area contributed by atoms with Crippen molar-refractivity contribution >= 4 is 5.78 Å². The lowest BCUT2D eigenvalue weighted by Crippen LogP contribution is -2.02. The molecule has 22 heavy (non-hydrogen) atoms. The van der Waals surface area contributed by atoms with Crippen LogP contribution in [0, 0.1) is 0 Å². The van der Waals surface area contributed by atoms with E-state index in [1.54, 1.807) is 24.8 Å². The Kier molecular flexibility index (Phi) is 4.30. The number of hydrogen-bond donors (Lipinski definition) is 0. The monoisotopic (exact) mass is 289 g/mol. The fourth-order valence-corrected chi connectivity index (χ4v) is 2.17. The molecule has 0 N–H and O–H groups in total. The molecular formula is C18H15N3O. The first-order valence-electron chi connectivity index (χ1n) is 7.12. The minimum Gasteiger partial charge on any atom is -0.294 e. The van der Waals surface area contributed by atoms with E-state index in [4.69, 9.17) is 0 Å². The standard InChI is InChI=1S/C18H15N3O/c22-18(9-6-14-4-3-10-19-12-14)15-7-8-17(21-13-15)16-5-1-2-11-20-16/h1-5,7-8,10-13H,6,9H2. The summed E-state index contributed by atoms with van der Waals surface area (Å²) in [5.74, 6) is 0.0870. The van der Waals surface area contributed by atoms with Crippen LogP contribution in [0.5, 0.6) is 0 Å². The van der Waals surface area contributed by atoms with Gasteiger partial charge in [-0.1, -0.05) is 12.1 Å². The predicted molar refractivity (Wildman–Crippen MR) is 84.4 cm³/mol. The molecule has 0 aliphatic heterocycles. The highest BCUT2D eigenvalue weighted by atomic mass is 16.1. The predicted octanol–water partition coefficient (Wildman–Crippen LogP) is 3.35. The van der Waals surface area contributed by atoms with Gasteiger partial charge in [0.25, 0.3) is 0 Å². The topological polar surface area (TPSA) is 55.7 Å². The Morgan fingerprint density at radius 2 is 1.77 bits per heavy atom. The molecule has 4 heteroatoms. The smallest absolute Gasteiger partial charge is 0.164 e. The summed E-state index contributed by atoms with van der Waals surface area (Å²) in [6, 6.07) is 13.2. The van der Waals surface area contributed by atoms with E-state index in [1.807, 2.05) is 42.5 Å². The summed E-state index contributed by atoms with van der Waals surface area (Å²) in [5.41, 5.74) is 3.26. The zero-order valence-corrected chi connectivity index (χ0v) is 12.0. The number of hydrogen-bond acceptors (Lipinski definition) is 4.